The Morgan fingerprint density at radius 1 is 0.800 bits per heavy atom. The van der Waals surface area contributed by atoms with Crippen LogP contribution in [0.4, 0.5) is 0 Å². The Balaban J connectivity index is 4.63. The van der Waals surface area contributed by atoms with Gasteiger partial charge in [-0.2, -0.15) is 20.7 Å². The van der Waals surface area contributed by atoms with Gasteiger partial charge in [-0.1, -0.05) is 51.5 Å². The van der Waals surface area contributed by atoms with Crippen molar-refractivity contribution in [3.63, 3.8) is 0 Å². The Hall–Kier alpha value is 0.0862. The Labute approximate surface area is 102 Å². The molecule has 0 aliphatic rings. The minimum absolute atomic E-state index is 1.07. The molecular weight excluding hydrogens is 227 g/mol. The van der Waals surface area contributed by atoms with Crippen molar-refractivity contribution in [2.75, 3.05) is 0 Å². The molecule has 0 atom stereocenters. The van der Waals surface area contributed by atoms with Gasteiger partial charge in [-0.25, -0.2) is 0 Å². The molecule has 0 N–H and O–H groups in total. The predicted molar refractivity (Wildman–Crippen MR) is 78.5 cm³/mol. The maximum absolute atomic E-state index is 3.48. The van der Waals surface area contributed by atoms with Crippen LogP contribution in [0.2, 0.25) is 44.6 Å². The second kappa shape index (κ2) is 5.98. The normalized spacial score (nSPS) is 10.9. The number of hydrogen-bond donors (Lipinski definition) is 0. The molecule has 0 aromatic carbocycles. The lowest BCUT2D eigenvalue weighted by atomic mass is 11.0. The van der Waals surface area contributed by atoms with Crippen molar-refractivity contribution in [1.29, 1.82) is 0 Å². The molecule has 0 amide bonds. The summed E-state index contributed by atoms with van der Waals surface area (Å²) in [7, 11) is -2.39. The topological polar surface area (TPSA) is 0 Å². The third-order valence-corrected chi connectivity index (χ3v) is 5.82. The molecule has 0 bridgehead atoms. The van der Waals surface area contributed by atoms with Gasteiger partial charge >= 0.3 is 14.1 Å². The van der Waals surface area contributed by atoms with Crippen LogP contribution in [0.15, 0.2) is 0 Å². The van der Waals surface area contributed by atoms with E-state index in [4.69, 9.17) is 0 Å². The third kappa shape index (κ3) is 10.4. The van der Waals surface area contributed by atoms with Crippen molar-refractivity contribution in [2.45, 2.75) is 51.5 Å². The Bertz CT molecular complexity index is 280. The fraction of sp³-hybridized carbons (Fsp3) is 0.667. The molecule has 0 spiro atoms. The molecule has 0 saturated carbocycles. The summed E-state index contributed by atoms with van der Waals surface area (Å²) in [5, 5.41) is 1.19. The van der Waals surface area contributed by atoms with Gasteiger partial charge in [-0.15, -0.1) is 0 Å². The first-order valence-electron chi connectivity index (χ1n) is 5.69. The van der Waals surface area contributed by atoms with Crippen LogP contribution >= 0.6 is 0 Å². The molecule has 0 rings (SSSR count). The number of hydrogen-bond acceptors (Lipinski definition) is 0. The Morgan fingerprint density at radius 3 is 1.33 bits per heavy atom. The predicted octanol–water partition coefficient (Wildman–Crippen LogP) is 3.34. The van der Waals surface area contributed by atoms with E-state index in [1.807, 2.05) is 0 Å². The zero-order valence-corrected chi connectivity index (χ0v) is 14.4. The first kappa shape index (κ1) is 15.1. The summed E-state index contributed by atoms with van der Waals surface area (Å²) in [6.07, 6.45) is 0. The quantitative estimate of drug-likeness (QED) is 0.494. The molecule has 0 fully saturated rings. The standard InChI is InChI=1S/2C5H9Si.C2H5.Al/c2*1-5-6(2,3)4;1-2;/h2*2-4H3;1H2,2H3;. The van der Waals surface area contributed by atoms with E-state index in [-0.39, 0.29) is 0 Å². The van der Waals surface area contributed by atoms with E-state index in [9.17, 15) is 0 Å². The van der Waals surface area contributed by atoms with Gasteiger partial charge in [0.2, 0.25) is 0 Å². The molecule has 0 heterocycles. The van der Waals surface area contributed by atoms with Crippen molar-refractivity contribution in [3.8, 4) is 20.7 Å². The number of rotatable bonds is 1. The van der Waals surface area contributed by atoms with Crippen LogP contribution in [-0.4, -0.2) is 30.3 Å². The Morgan fingerprint density at radius 2 is 1.13 bits per heavy atom. The van der Waals surface area contributed by atoms with Crippen molar-refractivity contribution >= 4 is 30.3 Å². The molecular formula is C12H23AlSi2. The SMILES string of the molecule is C[CH2][Al]([C]#C[Si](C)(C)C)[C]#C[Si](C)(C)C. The summed E-state index contributed by atoms with van der Waals surface area (Å²) in [4.78, 5) is 6.96. The van der Waals surface area contributed by atoms with Crippen molar-refractivity contribution in [3.05, 3.63) is 0 Å². The lowest BCUT2D eigenvalue weighted by Crippen LogP contribution is -2.20. The summed E-state index contributed by atoms with van der Waals surface area (Å²) in [6.45, 7) is 16.0. The lowest BCUT2D eigenvalue weighted by Gasteiger charge is -2.05. The average molecular weight is 250 g/mol. The molecule has 15 heavy (non-hydrogen) atoms. The molecule has 3 heteroatoms. The molecule has 0 aromatic heterocycles. The summed E-state index contributed by atoms with van der Waals surface area (Å²) >= 11 is -1.07. The zero-order valence-electron chi connectivity index (χ0n) is 11.3. The van der Waals surface area contributed by atoms with Gasteiger partial charge in [0.25, 0.3) is 0 Å². The second-order valence-corrected chi connectivity index (χ2v) is 18.0. The van der Waals surface area contributed by atoms with Crippen LogP contribution < -0.4 is 0 Å². The van der Waals surface area contributed by atoms with Gasteiger partial charge in [0.05, 0.1) is 0 Å². The minimum atomic E-state index is -1.19. The van der Waals surface area contributed by atoms with Crippen LogP contribution in [0.25, 0.3) is 0 Å². The first-order chi connectivity index (χ1) is 6.64. The summed E-state index contributed by atoms with van der Waals surface area (Å²) in [6, 6.07) is 0. The van der Waals surface area contributed by atoms with Gasteiger partial charge in [-0.3, -0.25) is 0 Å². The summed E-state index contributed by atoms with van der Waals surface area (Å²) in [5.74, 6) is 0. The average Bonchev–Trinajstić information content (AvgIpc) is 2.00. The highest BCUT2D eigenvalue weighted by atomic mass is 28.3. The lowest BCUT2D eigenvalue weighted by molar-refractivity contribution is 1.45. The van der Waals surface area contributed by atoms with Gasteiger partial charge < -0.3 is 0 Å². The fourth-order valence-corrected chi connectivity index (χ4v) is 6.19. The van der Waals surface area contributed by atoms with Crippen LogP contribution in [0.3, 0.4) is 0 Å². The van der Waals surface area contributed by atoms with Gasteiger partial charge in [-0.05, 0) is 0 Å². The van der Waals surface area contributed by atoms with Crippen LogP contribution in [-0.2, 0) is 0 Å². The maximum atomic E-state index is 3.48. The molecule has 0 aliphatic heterocycles. The molecule has 82 valence electrons. The largest absolute Gasteiger partial charge is 0.473 e. The fourth-order valence-electron chi connectivity index (χ4n) is 0.847. The molecule has 0 saturated heterocycles. The van der Waals surface area contributed by atoms with E-state index >= 15 is 0 Å². The highest BCUT2D eigenvalue weighted by Crippen LogP contribution is 1.99. The molecule has 0 aromatic rings. The van der Waals surface area contributed by atoms with Crippen molar-refractivity contribution in [2.24, 2.45) is 0 Å². The van der Waals surface area contributed by atoms with Crippen molar-refractivity contribution < 1.29 is 0 Å². The summed E-state index contributed by atoms with van der Waals surface area (Å²) < 4.78 is 0. The van der Waals surface area contributed by atoms with E-state index in [1.54, 1.807) is 0 Å². The van der Waals surface area contributed by atoms with E-state index in [1.165, 1.54) is 5.28 Å². The highest BCUT2D eigenvalue weighted by molar-refractivity contribution is 6.88. The molecule has 0 unspecified atom stereocenters. The smallest absolute Gasteiger partial charge is 0.191 e. The molecule has 0 nitrogen and oxygen atoms in total. The highest BCUT2D eigenvalue weighted by Gasteiger charge is 2.14. The first-order valence-corrected chi connectivity index (χ1v) is 14.7. The third-order valence-electron chi connectivity index (χ3n) is 1.65. The monoisotopic (exact) mass is 250 g/mol. The van der Waals surface area contributed by atoms with Gasteiger partial charge in [0, 0.05) is 0 Å². The van der Waals surface area contributed by atoms with Crippen LogP contribution in [0.1, 0.15) is 6.92 Å². The van der Waals surface area contributed by atoms with E-state index < -0.39 is 30.3 Å². The Kier molecular flexibility index (Phi) is 6.01. The second-order valence-electron chi connectivity index (χ2n) is 6.00. The zero-order chi connectivity index (χ0) is 12.1. The van der Waals surface area contributed by atoms with Crippen LogP contribution in [0.5, 0.6) is 0 Å². The van der Waals surface area contributed by atoms with E-state index in [0.717, 1.165) is 0 Å². The molecule has 0 aliphatic carbocycles. The van der Waals surface area contributed by atoms with Gasteiger partial charge in [0.15, 0.2) is 0 Å². The van der Waals surface area contributed by atoms with Crippen molar-refractivity contribution in [1.82, 2.24) is 0 Å². The minimum Gasteiger partial charge on any atom is -0.191 e. The summed E-state index contributed by atoms with van der Waals surface area (Å²) in [5.41, 5.74) is 6.95. The van der Waals surface area contributed by atoms with E-state index in [2.05, 4.69) is 66.9 Å². The van der Waals surface area contributed by atoms with E-state index in [0.29, 0.717) is 0 Å². The maximum Gasteiger partial charge on any atom is 0.473 e. The molecule has 0 radical (unpaired) electrons. The van der Waals surface area contributed by atoms with Crippen LogP contribution in [0, 0.1) is 20.7 Å². The van der Waals surface area contributed by atoms with Gasteiger partial charge in [0.1, 0.15) is 16.1 Å².